The molecule has 3 aromatic rings. The lowest BCUT2D eigenvalue weighted by molar-refractivity contribution is 0.102. The van der Waals surface area contributed by atoms with Crippen LogP contribution in [-0.4, -0.2) is 25.1 Å². The Kier molecular flexibility index (Phi) is 6.33. The number of hydrogen-bond acceptors (Lipinski definition) is 5. The molecule has 0 aliphatic carbocycles. The minimum atomic E-state index is -0.203. The van der Waals surface area contributed by atoms with Gasteiger partial charge in [0.1, 0.15) is 11.5 Å². The van der Waals surface area contributed by atoms with Gasteiger partial charge in [-0.3, -0.25) is 4.79 Å². The Morgan fingerprint density at radius 3 is 2.52 bits per heavy atom. The van der Waals surface area contributed by atoms with Crippen molar-refractivity contribution in [2.75, 3.05) is 19.5 Å². The van der Waals surface area contributed by atoms with Crippen molar-refractivity contribution >= 4 is 23.4 Å². The highest BCUT2D eigenvalue weighted by Crippen LogP contribution is 2.29. The second-order valence-electron chi connectivity index (χ2n) is 5.67. The monoisotopic (exact) mass is 380 g/mol. The molecule has 0 bridgehead atoms. The van der Waals surface area contributed by atoms with Crippen LogP contribution >= 0.6 is 11.8 Å². The molecule has 0 aliphatic rings. The third-order valence-corrected chi connectivity index (χ3v) is 4.91. The maximum Gasteiger partial charge on any atom is 0.255 e. The Hall–Kier alpha value is -2.99. The first-order valence-corrected chi connectivity index (χ1v) is 9.34. The van der Waals surface area contributed by atoms with Crippen LogP contribution < -0.4 is 14.8 Å². The van der Waals surface area contributed by atoms with Crippen LogP contribution in [0, 0.1) is 0 Å². The number of pyridine rings is 1. The maximum absolute atomic E-state index is 12.5. The minimum absolute atomic E-state index is 0.203. The second-order valence-corrected chi connectivity index (χ2v) is 6.67. The van der Waals surface area contributed by atoms with Crippen LogP contribution in [-0.2, 0) is 5.75 Å². The van der Waals surface area contributed by atoms with Crippen LogP contribution in [0.15, 0.2) is 71.9 Å². The number of benzene rings is 2. The normalized spacial score (nSPS) is 10.3. The molecule has 1 heterocycles. The van der Waals surface area contributed by atoms with E-state index < -0.39 is 0 Å². The Morgan fingerprint density at radius 1 is 1.04 bits per heavy atom. The summed E-state index contributed by atoms with van der Waals surface area (Å²) < 4.78 is 10.5. The maximum atomic E-state index is 12.5. The summed E-state index contributed by atoms with van der Waals surface area (Å²) in [6, 6.07) is 18.6. The van der Waals surface area contributed by atoms with Crippen molar-refractivity contribution in [2.24, 2.45) is 0 Å². The molecule has 138 valence electrons. The van der Waals surface area contributed by atoms with E-state index in [-0.39, 0.29) is 5.91 Å². The van der Waals surface area contributed by atoms with Crippen LogP contribution in [0.3, 0.4) is 0 Å². The van der Waals surface area contributed by atoms with E-state index in [9.17, 15) is 4.79 Å². The van der Waals surface area contributed by atoms with Gasteiger partial charge in [-0.25, -0.2) is 4.98 Å². The average Bonchev–Trinajstić information content (AvgIpc) is 2.73. The third kappa shape index (κ3) is 5.01. The molecule has 0 aliphatic heterocycles. The SMILES string of the molecule is COc1ccc(OC)c(NC(=O)c2ccc(CSc3ccccn3)cc2)c1. The van der Waals surface area contributed by atoms with Crippen LogP contribution in [0.2, 0.25) is 0 Å². The van der Waals surface area contributed by atoms with E-state index in [1.807, 2.05) is 42.5 Å². The molecule has 0 saturated carbocycles. The highest BCUT2D eigenvalue weighted by molar-refractivity contribution is 7.98. The first-order valence-electron chi connectivity index (χ1n) is 8.36. The van der Waals surface area contributed by atoms with Crippen molar-refractivity contribution in [3.63, 3.8) is 0 Å². The van der Waals surface area contributed by atoms with E-state index in [1.165, 1.54) is 0 Å². The zero-order chi connectivity index (χ0) is 19.1. The number of amides is 1. The van der Waals surface area contributed by atoms with Gasteiger partial charge in [-0.05, 0) is 42.0 Å². The van der Waals surface area contributed by atoms with Crippen molar-refractivity contribution in [2.45, 2.75) is 10.8 Å². The number of carbonyl (C=O) groups is 1. The van der Waals surface area contributed by atoms with Gasteiger partial charge in [0.15, 0.2) is 0 Å². The van der Waals surface area contributed by atoms with Crippen molar-refractivity contribution in [3.05, 3.63) is 78.0 Å². The molecular formula is C21H20N2O3S. The van der Waals surface area contributed by atoms with E-state index in [2.05, 4.69) is 10.3 Å². The van der Waals surface area contributed by atoms with Crippen LogP contribution in [0.1, 0.15) is 15.9 Å². The number of aromatic nitrogens is 1. The molecule has 1 aromatic heterocycles. The van der Waals surface area contributed by atoms with Gasteiger partial charge in [0, 0.05) is 23.6 Å². The zero-order valence-corrected chi connectivity index (χ0v) is 16.0. The second kappa shape index (κ2) is 9.09. The average molecular weight is 380 g/mol. The molecule has 3 rings (SSSR count). The topological polar surface area (TPSA) is 60.5 Å². The first kappa shape index (κ1) is 18.8. The quantitative estimate of drug-likeness (QED) is 0.605. The van der Waals surface area contributed by atoms with Crippen molar-refractivity contribution in [3.8, 4) is 11.5 Å². The van der Waals surface area contributed by atoms with Gasteiger partial charge in [-0.2, -0.15) is 0 Å². The molecule has 27 heavy (non-hydrogen) atoms. The first-order chi connectivity index (χ1) is 13.2. The lowest BCUT2D eigenvalue weighted by Crippen LogP contribution is -2.12. The number of nitrogens with one attached hydrogen (secondary N) is 1. The number of methoxy groups -OCH3 is 2. The zero-order valence-electron chi connectivity index (χ0n) is 15.1. The standard InChI is InChI=1S/C21H20N2O3S/c1-25-17-10-11-19(26-2)18(13-17)23-21(24)16-8-6-15(7-9-16)14-27-20-5-3-4-12-22-20/h3-13H,14H2,1-2H3,(H,23,24). The van der Waals surface area contributed by atoms with E-state index in [0.717, 1.165) is 16.3 Å². The fraction of sp³-hybridized carbons (Fsp3) is 0.143. The molecule has 6 heteroatoms. The van der Waals surface area contributed by atoms with Crippen molar-refractivity contribution < 1.29 is 14.3 Å². The number of hydrogen-bond donors (Lipinski definition) is 1. The van der Waals surface area contributed by atoms with Crippen molar-refractivity contribution in [1.82, 2.24) is 4.98 Å². The molecule has 0 atom stereocenters. The molecule has 2 aromatic carbocycles. The summed E-state index contributed by atoms with van der Waals surface area (Å²) in [5.74, 6) is 1.81. The molecule has 0 fully saturated rings. The fourth-order valence-electron chi connectivity index (χ4n) is 2.45. The van der Waals surface area contributed by atoms with Gasteiger partial charge in [-0.1, -0.05) is 18.2 Å². The number of carbonyl (C=O) groups excluding carboxylic acids is 1. The molecular weight excluding hydrogens is 360 g/mol. The fourth-order valence-corrected chi connectivity index (χ4v) is 3.27. The Labute approximate surface area is 162 Å². The summed E-state index contributed by atoms with van der Waals surface area (Å²) in [6.07, 6.45) is 1.78. The van der Waals surface area contributed by atoms with E-state index in [0.29, 0.717) is 22.7 Å². The van der Waals surface area contributed by atoms with Gasteiger partial charge in [0.05, 0.1) is 24.9 Å². The summed E-state index contributed by atoms with van der Waals surface area (Å²) in [6.45, 7) is 0. The van der Waals surface area contributed by atoms with E-state index in [1.54, 1.807) is 50.4 Å². The molecule has 0 radical (unpaired) electrons. The van der Waals surface area contributed by atoms with Crippen molar-refractivity contribution in [1.29, 1.82) is 0 Å². The number of rotatable bonds is 7. The van der Waals surface area contributed by atoms with E-state index in [4.69, 9.17) is 9.47 Å². The van der Waals surface area contributed by atoms with Gasteiger partial charge >= 0.3 is 0 Å². The highest BCUT2D eigenvalue weighted by atomic mass is 32.2. The molecule has 0 unspecified atom stereocenters. The summed E-state index contributed by atoms with van der Waals surface area (Å²) >= 11 is 1.66. The Morgan fingerprint density at radius 2 is 1.85 bits per heavy atom. The van der Waals surface area contributed by atoms with Crippen LogP contribution in [0.25, 0.3) is 0 Å². The third-order valence-electron chi connectivity index (χ3n) is 3.90. The number of thioether (sulfide) groups is 1. The summed E-state index contributed by atoms with van der Waals surface area (Å²) in [4.78, 5) is 16.8. The summed E-state index contributed by atoms with van der Waals surface area (Å²) in [5, 5.41) is 3.85. The summed E-state index contributed by atoms with van der Waals surface area (Å²) in [5.41, 5.74) is 2.27. The molecule has 1 N–H and O–H groups in total. The van der Waals surface area contributed by atoms with Gasteiger partial charge < -0.3 is 14.8 Å². The summed E-state index contributed by atoms with van der Waals surface area (Å²) in [7, 11) is 3.14. The van der Waals surface area contributed by atoms with Gasteiger partial charge in [0.2, 0.25) is 0 Å². The number of ether oxygens (including phenoxy) is 2. The molecule has 5 nitrogen and oxygen atoms in total. The highest BCUT2D eigenvalue weighted by Gasteiger charge is 2.11. The minimum Gasteiger partial charge on any atom is -0.497 e. The number of nitrogens with zero attached hydrogens (tertiary/aromatic N) is 1. The predicted molar refractivity (Wildman–Crippen MR) is 108 cm³/mol. The largest absolute Gasteiger partial charge is 0.497 e. The lowest BCUT2D eigenvalue weighted by atomic mass is 10.1. The Bertz CT molecular complexity index is 899. The van der Waals surface area contributed by atoms with Crippen LogP contribution in [0.5, 0.6) is 11.5 Å². The van der Waals surface area contributed by atoms with Crippen LogP contribution in [0.4, 0.5) is 5.69 Å². The lowest BCUT2D eigenvalue weighted by Gasteiger charge is -2.12. The Balaban J connectivity index is 1.65. The van der Waals surface area contributed by atoms with Gasteiger partial charge in [0.25, 0.3) is 5.91 Å². The van der Waals surface area contributed by atoms with E-state index >= 15 is 0 Å². The molecule has 0 spiro atoms. The smallest absolute Gasteiger partial charge is 0.255 e. The number of anilines is 1. The van der Waals surface area contributed by atoms with Gasteiger partial charge in [-0.15, -0.1) is 11.8 Å². The molecule has 0 saturated heterocycles. The molecule has 1 amide bonds. The predicted octanol–water partition coefficient (Wildman–Crippen LogP) is 4.64.